The molecule has 0 atom stereocenters. The highest BCUT2D eigenvalue weighted by molar-refractivity contribution is 6.32. The largest absolute Gasteiger partial charge is 0.493 e. The summed E-state index contributed by atoms with van der Waals surface area (Å²) in [5.74, 6) is 0.987. The number of hydrogen-bond donors (Lipinski definition) is 1. The van der Waals surface area contributed by atoms with E-state index in [0.29, 0.717) is 0 Å². The Bertz CT molecular complexity index is 377. The Hall–Kier alpha value is -0.730. The van der Waals surface area contributed by atoms with Crippen molar-refractivity contribution >= 4 is 11.6 Å². The Labute approximate surface area is 109 Å². The molecule has 0 aromatic heterocycles. The van der Waals surface area contributed by atoms with E-state index in [1.54, 1.807) is 0 Å². The fraction of sp³-hybridized carbons (Fsp3) is 0.571. The van der Waals surface area contributed by atoms with E-state index in [1.807, 2.05) is 14.0 Å². The Balaban J connectivity index is 3.06. The molecule has 0 heterocycles. The fourth-order valence-corrected chi connectivity index (χ4v) is 2.03. The third-order valence-corrected chi connectivity index (χ3v) is 3.44. The Kier molecular flexibility index (Phi) is 5.79. The summed E-state index contributed by atoms with van der Waals surface area (Å²) in [6.45, 7) is 7.90. The van der Waals surface area contributed by atoms with Crippen LogP contribution < -0.4 is 10.1 Å². The van der Waals surface area contributed by atoms with Gasteiger partial charge in [-0.3, -0.25) is 0 Å². The Morgan fingerprint density at radius 3 is 2.65 bits per heavy atom. The van der Waals surface area contributed by atoms with E-state index in [4.69, 9.17) is 16.3 Å². The minimum Gasteiger partial charge on any atom is -0.493 e. The average molecular weight is 256 g/mol. The van der Waals surface area contributed by atoms with Crippen molar-refractivity contribution in [3.8, 4) is 5.75 Å². The van der Waals surface area contributed by atoms with Crippen LogP contribution in [0.25, 0.3) is 0 Å². The van der Waals surface area contributed by atoms with Gasteiger partial charge in [0.05, 0.1) is 6.61 Å². The van der Waals surface area contributed by atoms with Gasteiger partial charge in [0.2, 0.25) is 0 Å². The Morgan fingerprint density at radius 1 is 1.35 bits per heavy atom. The molecule has 1 N–H and O–H groups in total. The van der Waals surface area contributed by atoms with E-state index in [-0.39, 0.29) is 0 Å². The highest BCUT2D eigenvalue weighted by atomic mass is 35.5. The topological polar surface area (TPSA) is 21.3 Å². The van der Waals surface area contributed by atoms with Gasteiger partial charge in [0.25, 0.3) is 0 Å². The van der Waals surface area contributed by atoms with Gasteiger partial charge in [-0.05, 0) is 63.0 Å². The van der Waals surface area contributed by atoms with Crippen LogP contribution in [0.3, 0.4) is 0 Å². The van der Waals surface area contributed by atoms with Crippen LogP contribution in [-0.4, -0.2) is 20.2 Å². The molecule has 96 valence electrons. The molecular weight excluding hydrogens is 234 g/mol. The lowest BCUT2D eigenvalue weighted by Crippen LogP contribution is -2.13. The molecule has 0 aliphatic heterocycles. The van der Waals surface area contributed by atoms with Gasteiger partial charge in [0.15, 0.2) is 0 Å². The normalized spacial score (nSPS) is 10.6. The summed E-state index contributed by atoms with van der Waals surface area (Å²) in [4.78, 5) is 0. The zero-order valence-corrected chi connectivity index (χ0v) is 11.9. The number of aryl methyl sites for hydroxylation is 1. The van der Waals surface area contributed by atoms with Crippen molar-refractivity contribution in [3.05, 3.63) is 27.8 Å². The first-order valence-electron chi connectivity index (χ1n) is 6.17. The van der Waals surface area contributed by atoms with E-state index < -0.39 is 0 Å². The summed E-state index contributed by atoms with van der Waals surface area (Å²) in [6, 6.07) is 2.05. The number of ether oxygens (including phenoxy) is 1. The number of halogens is 1. The standard InChI is InChI=1S/C14H22ClNO/c1-5-8-17-13-9-10(2)14(15)11(3)12(13)6-7-16-4/h9,16H,5-8H2,1-4H3. The predicted molar refractivity (Wildman–Crippen MR) is 74.3 cm³/mol. The van der Waals surface area contributed by atoms with Gasteiger partial charge >= 0.3 is 0 Å². The lowest BCUT2D eigenvalue weighted by atomic mass is 10.0. The first-order chi connectivity index (χ1) is 8.11. The van der Waals surface area contributed by atoms with Crippen molar-refractivity contribution in [2.45, 2.75) is 33.6 Å². The number of hydrogen-bond acceptors (Lipinski definition) is 2. The molecule has 0 spiro atoms. The van der Waals surface area contributed by atoms with Crippen LogP contribution in [0.2, 0.25) is 5.02 Å². The van der Waals surface area contributed by atoms with Crippen molar-refractivity contribution < 1.29 is 4.74 Å². The van der Waals surface area contributed by atoms with Crippen molar-refractivity contribution in [1.82, 2.24) is 5.32 Å². The smallest absolute Gasteiger partial charge is 0.123 e. The van der Waals surface area contributed by atoms with Crippen LogP contribution >= 0.6 is 11.6 Å². The SMILES string of the molecule is CCCOc1cc(C)c(Cl)c(C)c1CCNC. The van der Waals surface area contributed by atoms with E-state index >= 15 is 0 Å². The molecular formula is C14H22ClNO. The molecule has 1 rings (SSSR count). The number of likely N-dealkylation sites (N-methyl/N-ethyl adjacent to an activating group) is 1. The van der Waals surface area contributed by atoms with Gasteiger partial charge in [-0.15, -0.1) is 0 Å². The van der Waals surface area contributed by atoms with Crippen LogP contribution in [-0.2, 0) is 6.42 Å². The summed E-state index contributed by atoms with van der Waals surface area (Å²) in [7, 11) is 1.96. The van der Waals surface area contributed by atoms with E-state index in [2.05, 4.69) is 25.2 Å². The van der Waals surface area contributed by atoms with Crippen LogP contribution in [0.1, 0.15) is 30.0 Å². The van der Waals surface area contributed by atoms with Crippen LogP contribution in [0.5, 0.6) is 5.75 Å². The molecule has 2 nitrogen and oxygen atoms in total. The number of rotatable bonds is 6. The third kappa shape index (κ3) is 3.62. The second kappa shape index (κ2) is 6.87. The molecule has 17 heavy (non-hydrogen) atoms. The van der Waals surface area contributed by atoms with Crippen molar-refractivity contribution in [3.63, 3.8) is 0 Å². The van der Waals surface area contributed by atoms with E-state index in [1.165, 1.54) is 5.56 Å². The molecule has 3 heteroatoms. The minimum atomic E-state index is 0.757. The van der Waals surface area contributed by atoms with Gasteiger partial charge in [0.1, 0.15) is 5.75 Å². The lowest BCUT2D eigenvalue weighted by molar-refractivity contribution is 0.313. The quantitative estimate of drug-likeness (QED) is 0.840. The zero-order valence-electron chi connectivity index (χ0n) is 11.2. The average Bonchev–Trinajstić information content (AvgIpc) is 2.32. The Morgan fingerprint density at radius 2 is 2.06 bits per heavy atom. The van der Waals surface area contributed by atoms with Gasteiger partial charge in [-0.1, -0.05) is 18.5 Å². The second-order valence-electron chi connectivity index (χ2n) is 4.31. The fourth-order valence-electron chi connectivity index (χ4n) is 1.86. The molecule has 0 unspecified atom stereocenters. The molecule has 0 fully saturated rings. The minimum absolute atomic E-state index is 0.757. The summed E-state index contributed by atoms with van der Waals surface area (Å²) in [5.41, 5.74) is 3.46. The third-order valence-electron chi connectivity index (χ3n) is 2.86. The van der Waals surface area contributed by atoms with Gasteiger partial charge in [-0.25, -0.2) is 0 Å². The maximum Gasteiger partial charge on any atom is 0.123 e. The molecule has 0 amide bonds. The van der Waals surface area contributed by atoms with Crippen molar-refractivity contribution in [2.24, 2.45) is 0 Å². The molecule has 0 radical (unpaired) electrons. The first-order valence-corrected chi connectivity index (χ1v) is 6.55. The molecule has 0 saturated heterocycles. The highest BCUT2D eigenvalue weighted by Gasteiger charge is 2.12. The molecule has 1 aromatic carbocycles. The monoisotopic (exact) mass is 255 g/mol. The molecule has 0 aliphatic rings. The molecule has 0 saturated carbocycles. The number of benzene rings is 1. The van der Waals surface area contributed by atoms with E-state index in [9.17, 15) is 0 Å². The zero-order chi connectivity index (χ0) is 12.8. The first kappa shape index (κ1) is 14.3. The van der Waals surface area contributed by atoms with Crippen LogP contribution in [0.15, 0.2) is 6.07 Å². The molecule has 1 aromatic rings. The number of nitrogens with one attached hydrogen (secondary N) is 1. The van der Waals surface area contributed by atoms with Crippen LogP contribution in [0.4, 0.5) is 0 Å². The van der Waals surface area contributed by atoms with Gasteiger partial charge < -0.3 is 10.1 Å². The van der Waals surface area contributed by atoms with Crippen molar-refractivity contribution in [1.29, 1.82) is 0 Å². The predicted octanol–water partition coefficient (Wildman–Crippen LogP) is 3.51. The van der Waals surface area contributed by atoms with Gasteiger partial charge in [0, 0.05) is 5.02 Å². The summed E-state index contributed by atoms with van der Waals surface area (Å²) in [5, 5.41) is 4.02. The summed E-state index contributed by atoms with van der Waals surface area (Å²) < 4.78 is 5.81. The van der Waals surface area contributed by atoms with Crippen LogP contribution in [0, 0.1) is 13.8 Å². The van der Waals surface area contributed by atoms with Crippen molar-refractivity contribution in [2.75, 3.05) is 20.2 Å². The molecule has 0 aliphatic carbocycles. The summed E-state index contributed by atoms with van der Waals surface area (Å²) >= 11 is 6.29. The molecule has 0 bridgehead atoms. The second-order valence-corrected chi connectivity index (χ2v) is 4.69. The lowest BCUT2D eigenvalue weighted by Gasteiger charge is -2.16. The van der Waals surface area contributed by atoms with E-state index in [0.717, 1.165) is 47.9 Å². The maximum atomic E-state index is 6.29. The van der Waals surface area contributed by atoms with Gasteiger partial charge in [-0.2, -0.15) is 0 Å². The summed E-state index contributed by atoms with van der Waals surface area (Å²) in [6.07, 6.45) is 1.97. The highest BCUT2D eigenvalue weighted by Crippen LogP contribution is 2.32. The maximum absolute atomic E-state index is 6.29.